The summed E-state index contributed by atoms with van der Waals surface area (Å²) in [7, 11) is -3.70. The van der Waals surface area contributed by atoms with Crippen molar-refractivity contribution in [2.45, 2.75) is 11.8 Å². The zero-order chi connectivity index (χ0) is 22.7. The van der Waals surface area contributed by atoms with Crippen molar-refractivity contribution in [3.8, 4) is 11.3 Å². The summed E-state index contributed by atoms with van der Waals surface area (Å²) >= 11 is 4.74. The summed E-state index contributed by atoms with van der Waals surface area (Å²) in [6, 6.07) is 20.6. The number of carbonyl (C=O) groups is 1. The number of hydrogen-bond donors (Lipinski definition) is 2. The normalized spacial score (nSPS) is 11.2. The fourth-order valence-corrected chi connectivity index (χ4v) is 4.91. The van der Waals surface area contributed by atoms with Gasteiger partial charge in [-0.05, 0) is 55.5 Å². The molecule has 4 rings (SSSR count). The van der Waals surface area contributed by atoms with Crippen molar-refractivity contribution in [2.75, 3.05) is 10.0 Å². The third kappa shape index (κ3) is 5.24. The van der Waals surface area contributed by atoms with Crippen molar-refractivity contribution in [3.05, 3.63) is 93.8 Å². The first kappa shape index (κ1) is 22.2. The van der Waals surface area contributed by atoms with Gasteiger partial charge in [0.05, 0.1) is 10.6 Å². The number of sulfonamides is 1. The van der Waals surface area contributed by atoms with Crippen molar-refractivity contribution < 1.29 is 13.2 Å². The van der Waals surface area contributed by atoms with E-state index in [0.29, 0.717) is 16.4 Å². The smallest absolute Gasteiger partial charge is 0.261 e. The Morgan fingerprint density at radius 1 is 0.938 bits per heavy atom. The lowest BCUT2D eigenvalue weighted by molar-refractivity contribution is 0.102. The molecule has 0 radical (unpaired) electrons. The minimum Gasteiger partial charge on any atom is -0.298 e. The molecule has 162 valence electrons. The quantitative estimate of drug-likeness (QED) is 0.325. The van der Waals surface area contributed by atoms with E-state index in [1.54, 1.807) is 48.5 Å². The SMILES string of the molecule is Cc1ccc(S(=O)(=O)Nc2ccc(C(=O)Nc3nc(-c4ccc(Br)cc4)cs3)cc2)cc1. The van der Waals surface area contributed by atoms with Gasteiger partial charge in [-0.25, -0.2) is 13.4 Å². The molecule has 3 aromatic carbocycles. The lowest BCUT2D eigenvalue weighted by Crippen LogP contribution is -2.14. The van der Waals surface area contributed by atoms with E-state index in [2.05, 4.69) is 31.0 Å². The predicted molar refractivity (Wildman–Crippen MR) is 132 cm³/mol. The molecule has 0 unspecified atom stereocenters. The highest BCUT2D eigenvalue weighted by atomic mass is 79.9. The average molecular weight is 528 g/mol. The van der Waals surface area contributed by atoms with Crippen molar-refractivity contribution in [1.29, 1.82) is 0 Å². The van der Waals surface area contributed by atoms with E-state index >= 15 is 0 Å². The number of anilines is 2. The van der Waals surface area contributed by atoms with Crippen LogP contribution in [0, 0.1) is 6.92 Å². The van der Waals surface area contributed by atoms with E-state index in [4.69, 9.17) is 0 Å². The van der Waals surface area contributed by atoms with Crippen LogP contribution in [0.5, 0.6) is 0 Å². The number of amides is 1. The highest BCUT2D eigenvalue weighted by Gasteiger charge is 2.15. The molecule has 0 fully saturated rings. The lowest BCUT2D eigenvalue weighted by Gasteiger charge is -2.09. The molecule has 32 heavy (non-hydrogen) atoms. The van der Waals surface area contributed by atoms with Crippen LogP contribution in [0.1, 0.15) is 15.9 Å². The van der Waals surface area contributed by atoms with E-state index in [1.165, 1.54) is 11.3 Å². The highest BCUT2D eigenvalue weighted by Crippen LogP contribution is 2.26. The van der Waals surface area contributed by atoms with Gasteiger partial charge in [0.2, 0.25) is 0 Å². The maximum Gasteiger partial charge on any atom is 0.261 e. The second-order valence-electron chi connectivity index (χ2n) is 6.99. The number of halogens is 1. The summed E-state index contributed by atoms with van der Waals surface area (Å²) < 4.78 is 28.5. The number of nitrogens with one attached hydrogen (secondary N) is 2. The van der Waals surface area contributed by atoms with Crippen LogP contribution in [-0.4, -0.2) is 19.3 Å². The number of benzene rings is 3. The van der Waals surface area contributed by atoms with Gasteiger partial charge in [0.25, 0.3) is 15.9 Å². The Morgan fingerprint density at radius 3 is 2.25 bits per heavy atom. The second-order valence-corrected chi connectivity index (χ2v) is 10.5. The monoisotopic (exact) mass is 527 g/mol. The van der Waals surface area contributed by atoms with E-state index in [1.807, 2.05) is 36.6 Å². The summed E-state index contributed by atoms with van der Waals surface area (Å²) in [6.45, 7) is 1.89. The number of hydrogen-bond acceptors (Lipinski definition) is 5. The van der Waals surface area contributed by atoms with Crippen LogP contribution in [0.2, 0.25) is 0 Å². The Morgan fingerprint density at radius 2 is 1.59 bits per heavy atom. The molecule has 0 atom stereocenters. The molecule has 0 bridgehead atoms. The minimum absolute atomic E-state index is 0.176. The molecule has 0 saturated heterocycles. The molecular weight excluding hydrogens is 510 g/mol. The first-order valence-corrected chi connectivity index (χ1v) is 12.7. The van der Waals surface area contributed by atoms with Gasteiger partial charge in [-0.1, -0.05) is 45.8 Å². The van der Waals surface area contributed by atoms with Gasteiger partial charge in [-0.3, -0.25) is 14.8 Å². The summed E-state index contributed by atoms with van der Waals surface area (Å²) in [5, 5.41) is 5.14. The van der Waals surface area contributed by atoms with Crippen LogP contribution < -0.4 is 10.0 Å². The number of aromatic nitrogens is 1. The molecule has 1 aromatic heterocycles. The Bertz CT molecular complexity index is 1350. The molecule has 0 aliphatic carbocycles. The standard InChI is InChI=1S/C23H18BrN3O3S2/c1-15-2-12-20(13-3-15)32(29,30)27-19-10-6-17(7-11-19)22(28)26-23-25-21(14-31-23)16-4-8-18(24)9-5-16/h2-14,27H,1H3,(H,25,26,28). The number of nitrogens with zero attached hydrogens (tertiary/aromatic N) is 1. The first-order chi connectivity index (χ1) is 15.3. The number of rotatable bonds is 6. The van der Waals surface area contributed by atoms with Crippen molar-refractivity contribution in [3.63, 3.8) is 0 Å². The summed E-state index contributed by atoms with van der Waals surface area (Å²) in [6.07, 6.45) is 0. The third-order valence-corrected chi connectivity index (χ3v) is 7.28. The summed E-state index contributed by atoms with van der Waals surface area (Å²) in [5.41, 5.74) is 3.47. The Kier molecular flexibility index (Phi) is 6.40. The second kappa shape index (κ2) is 9.23. The predicted octanol–water partition coefficient (Wildman–Crippen LogP) is 5.93. The van der Waals surface area contributed by atoms with Crippen molar-refractivity contribution >= 4 is 54.0 Å². The van der Waals surface area contributed by atoms with E-state index in [9.17, 15) is 13.2 Å². The van der Waals surface area contributed by atoms with E-state index in [0.717, 1.165) is 21.3 Å². The molecular formula is C23H18BrN3O3S2. The van der Waals surface area contributed by atoms with Crippen molar-refractivity contribution in [2.24, 2.45) is 0 Å². The summed E-state index contributed by atoms with van der Waals surface area (Å²) in [5.74, 6) is -0.324. The lowest BCUT2D eigenvalue weighted by atomic mass is 10.2. The number of thiazole rings is 1. The zero-order valence-electron chi connectivity index (χ0n) is 16.9. The topological polar surface area (TPSA) is 88.2 Å². The van der Waals surface area contributed by atoms with Gasteiger partial charge in [0.15, 0.2) is 5.13 Å². The molecule has 2 N–H and O–H groups in total. The number of carbonyl (C=O) groups excluding carboxylic acids is 1. The molecule has 0 saturated carbocycles. The fourth-order valence-electron chi connectivity index (χ4n) is 2.87. The van der Waals surface area contributed by atoms with Crippen molar-refractivity contribution in [1.82, 2.24) is 4.98 Å². The van der Waals surface area contributed by atoms with Crippen LogP contribution in [0.3, 0.4) is 0 Å². The van der Waals surface area contributed by atoms with Gasteiger partial charge < -0.3 is 0 Å². The molecule has 1 amide bonds. The number of aryl methyl sites for hydroxylation is 1. The highest BCUT2D eigenvalue weighted by molar-refractivity contribution is 9.10. The minimum atomic E-state index is -3.70. The summed E-state index contributed by atoms with van der Waals surface area (Å²) in [4.78, 5) is 17.2. The van der Waals surface area contributed by atoms with Crippen LogP contribution in [0.15, 0.2) is 87.5 Å². The molecule has 0 aliphatic heterocycles. The van der Waals surface area contributed by atoms with E-state index < -0.39 is 10.0 Å². The molecule has 9 heteroatoms. The van der Waals surface area contributed by atoms with Gasteiger partial charge in [-0.15, -0.1) is 11.3 Å². The van der Waals surface area contributed by atoms with Gasteiger partial charge in [-0.2, -0.15) is 0 Å². The molecule has 6 nitrogen and oxygen atoms in total. The maximum atomic E-state index is 12.6. The third-order valence-electron chi connectivity index (χ3n) is 4.60. The largest absolute Gasteiger partial charge is 0.298 e. The van der Waals surface area contributed by atoms with Crippen LogP contribution in [0.25, 0.3) is 11.3 Å². The van der Waals surface area contributed by atoms with Gasteiger partial charge >= 0.3 is 0 Å². The maximum absolute atomic E-state index is 12.6. The van der Waals surface area contributed by atoms with Crippen LogP contribution in [-0.2, 0) is 10.0 Å². The molecule has 4 aromatic rings. The van der Waals surface area contributed by atoms with E-state index in [-0.39, 0.29) is 10.8 Å². The van der Waals surface area contributed by atoms with Gasteiger partial charge in [0.1, 0.15) is 0 Å². The van der Waals surface area contributed by atoms with Crippen LogP contribution >= 0.6 is 27.3 Å². The average Bonchev–Trinajstić information content (AvgIpc) is 3.23. The Labute approximate surface area is 198 Å². The first-order valence-electron chi connectivity index (χ1n) is 9.52. The van der Waals surface area contributed by atoms with Gasteiger partial charge in [0, 0.05) is 26.7 Å². The Hall–Kier alpha value is -3.01. The van der Waals surface area contributed by atoms with Crippen LogP contribution in [0.4, 0.5) is 10.8 Å². The zero-order valence-corrected chi connectivity index (χ0v) is 20.1. The fraction of sp³-hybridized carbons (Fsp3) is 0.0435. The molecule has 0 spiro atoms. The molecule has 0 aliphatic rings. The Balaban J connectivity index is 1.42. The molecule has 1 heterocycles.